The minimum absolute atomic E-state index is 0.239. The molecule has 3 nitrogen and oxygen atoms in total. The van der Waals surface area contributed by atoms with E-state index in [1.54, 1.807) is 7.11 Å². The molecule has 0 saturated carbocycles. The third-order valence-corrected chi connectivity index (χ3v) is 2.30. The van der Waals surface area contributed by atoms with Gasteiger partial charge in [0.2, 0.25) is 0 Å². The summed E-state index contributed by atoms with van der Waals surface area (Å²) in [5, 5.41) is 3.39. The van der Waals surface area contributed by atoms with Crippen molar-refractivity contribution in [2.45, 2.75) is 32.9 Å². The van der Waals surface area contributed by atoms with Crippen molar-refractivity contribution in [2.24, 2.45) is 5.41 Å². The first-order chi connectivity index (χ1) is 6.14. The third-order valence-electron chi connectivity index (χ3n) is 2.30. The fourth-order valence-corrected chi connectivity index (χ4v) is 1.42. The zero-order chi connectivity index (χ0) is 9.73. The minimum atomic E-state index is 0.239. The quantitative estimate of drug-likeness (QED) is 0.675. The number of methoxy groups -OCH3 is 1. The molecule has 1 saturated heterocycles. The first-order valence-electron chi connectivity index (χ1n) is 4.98. The zero-order valence-corrected chi connectivity index (χ0v) is 8.93. The van der Waals surface area contributed by atoms with Gasteiger partial charge in [-0.05, 0) is 12.8 Å². The van der Waals surface area contributed by atoms with Gasteiger partial charge in [-0.25, -0.2) is 0 Å². The SMILES string of the molecule is COCCCC1NCC(C)(C)CO1. The standard InChI is InChI=1S/C10H21NO2/c1-10(2)7-11-9(13-8-10)5-4-6-12-3/h9,11H,4-8H2,1-3H3. The highest BCUT2D eigenvalue weighted by atomic mass is 16.5. The summed E-state index contributed by atoms with van der Waals surface area (Å²) < 4.78 is 10.7. The Hall–Kier alpha value is -0.120. The van der Waals surface area contributed by atoms with E-state index in [0.29, 0.717) is 0 Å². The molecule has 13 heavy (non-hydrogen) atoms. The molecule has 0 radical (unpaired) electrons. The molecule has 1 fully saturated rings. The summed E-state index contributed by atoms with van der Waals surface area (Å²) in [4.78, 5) is 0. The van der Waals surface area contributed by atoms with Crippen LogP contribution < -0.4 is 5.32 Å². The molecule has 0 aromatic rings. The first-order valence-corrected chi connectivity index (χ1v) is 4.98. The second kappa shape index (κ2) is 4.94. The van der Waals surface area contributed by atoms with Crippen molar-refractivity contribution in [3.8, 4) is 0 Å². The summed E-state index contributed by atoms with van der Waals surface area (Å²) in [6.45, 7) is 7.16. The summed E-state index contributed by atoms with van der Waals surface area (Å²) in [6, 6.07) is 0. The van der Waals surface area contributed by atoms with Crippen LogP contribution >= 0.6 is 0 Å². The molecule has 0 spiro atoms. The Bertz CT molecular complexity index is 138. The van der Waals surface area contributed by atoms with Crippen LogP contribution in [-0.4, -0.2) is 33.1 Å². The van der Waals surface area contributed by atoms with Crippen molar-refractivity contribution in [3.63, 3.8) is 0 Å². The van der Waals surface area contributed by atoms with Gasteiger partial charge < -0.3 is 9.47 Å². The summed E-state index contributed by atoms with van der Waals surface area (Å²) in [5.74, 6) is 0. The normalized spacial score (nSPS) is 27.5. The van der Waals surface area contributed by atoms with Crippen LogP contribution in [0.3, 0.4) is 0 Å². The van der Waals surface area contributed by atoms with Crippen LogP contribution in [0.25, 0.3) is 0 Å². The Morgan fingerprint density at radius 3 is 2.85 bits per heavy atom. The Kier molecular flexibility index (Phi) is 4.16. The van der Waals surface area contributed by atoms with Crippen LogP contribution in [-0.2, 0) is 9.47 Å². The fraction of sp³-hybridized carbons (Fsp3) is 1.00. The van der Waals surface area contributed by atoms with E-state index in [1.165, 1.54) is 0 Å². The van der Waals surface area contributed by atoms with Crippen molar-refractivity contribution < 1.29 is 9.47 Å². The van der Waals surface area contributed by atoms with Crippen molar-refractivity contribution in [3.05, 3.63) is 0 Å². The van der Waals surface area contributed by atoms with Crippen LogP contribution in [0.4, 0.5) is 0 Å². The molecule has 0 aromatic heterocycles. The van der Waals surface area contributed by atoms with Crippen LogP contribution in [0.15, 0.2) is 0 Å². The number of hydrogen-bond donors (Lipinski definition) is 1. The largest absolute Gasteiger partial charge is 0.385 e. The second-order valence-corrected chi connectivity index (χ2v) is 4.48. The van der Waals surface area contributed by atoms with E-state index in [0.717, 1.165) is 32.6 Å². The van der Waals surface area contributed by atoms with Gasteiger partial charge in [-0.15, -0.1) is 0 Å². The molecule has 0 bridgehead atoms. The minimum Gasteiger partial charge on any atom is -0.385 e. The highest BCUT2D eigenvalue weighted by Crippen LogP contribution is 2.20. The van der Waals surface area contributed by atoms with Crippen molar-refractivity contribution in [2.75, 3.05) is 26.9 Å². The number of ether oxygens (including phenoxy) is 2. The van der Waals surface area contributed by atoms with E-state index < -0.39 is 0 Å². The molecule has 0 aliphatic carbocycles. The third kappa shape index (κ3) is 4.07. The predicted octanol–water partition coefficient (Wildman–Crippen LogP) is 1.39. The molecule has 0 aromatic carbocycles. The molecule has 1 atom stereocenters. The predicted molar refractivity (Wildman–Crippen MR) is 52.6 cm³/mol. The highest BCUT2D eigenvalue weighted by molar-refractivity contribution is 4.77. The van der Waals surface area contributed by atoms with Gasteiger partial charge in [0.1, 0.15) is 6.23 Å². The van der Waals surface area contributed by atoms with Gasteiger partial charge in [0.25, 0.3) is 0 Å². The maximum atomic E-state index is 5.67. The molecule has 78 valence electrons. The Morgan fingerprint density at radius 1 is 1.54 bits per heavy atom. The van der Waals surface area contributed by atoms with Crippen LogP contribution in [0, 0.1) is 5.41 Å². The molecule has 1 unspecified atom stereocenters. The van der Waals surface area contributed by atoms with E-state index in [9.17, 15) is 0 Å². The van der Waals surface area contributed by atoms with E-state index in [-0.39, 0.29) is 11.6 Å². The van der Waals surface area contributed by atoms with Crippen molar-refractivity contribution in [1.29, 1.82) is 0 Å². The van der Waals surface area contributed by atoms with Gasteiger partial charge in [0, 0.05) is 25.7 Å². The zero-order valence-electron chi connectivity index (χ0n) is 8.93. The summed E-state index contributed by atoms with van der Waals surface area (Å²) >= 11 is 0. The van der Waals surface area contributed by atoms with Gasteiger partial charge in [0.05, 0.1) is 6.61 Å². The highest BCUT2D eigenvalue weighted by Gasteiger charge is 2.26. The van der Waals surface area contributed by atoms with Crippen molar-refractivity contribution >= 4 is 0 Å². The summed E-state index contributed by atoms with van der Waals surface area (Å²) in [7, 11) is 1.73. The Labute approximate surface area is 80.8 Å². The molecule has 0 amide bonds. The average molecular weight is 187 g/mol. The number of hydrogen-bond acceptors (Lipinski definition) is 3. The summed E-state index contributed by atoms with van der Waals surface area (Å²) in [6.07, 6.45) is 2.35. The number of nitrogens with one attached hydrogen (secondary N) is 1. The van der Waals surface area contributed by atoms with E-state index in [1.807, 2.05) is 0 Å². The monoisotopic (exact) mass is 187 g/mol. The van der Waals surface area contributed by atoms with Gasteiger partial charge >= 0.3 is 0 Å². The maximum absolute atomic E-state index is 5.67. The molecule has 3 heteroatoms. The van der Waals surface area contributed by atoms with Crippen LogP contribution in [0.2, 0.25) is 0 Å². The Morgan fingerprint density at radius 2 is 2.31 bits per heavy atom. The van der Waals surface area contributed by atoms with Gasteiger partial charge in [-0.2, -0.15) is 0 Å². The van der Waals surface area contributed by atoms with Crippen LogP contribution in [0.5, 0.6) is 0 Å². The van der Waals surface area contributed by atoms with E-state index in [4.69, 9.17) is 9.47 Å². The molecule has 1 rings (SSSR count). The smallest absolute Gasteiger partial charge is 0.108 e. The van der Waals surface area contributed by atoms with Gasteiger partial charge in [-0.1, -0.05) is 13.8 Å². The lowest BCUT2D eigenvalue weighted by Gasteiger charge is -2.35. The lowest BCUT2D eigenvalue weighted by molar-refractivity contribution is -0.0631. The molecular weight excluding hydrogens is 166 g/mol. The lowest BCUT2D eigenvalue weighted by atomic mass is 9.93. The Balaban J connectivity index is 2.11. The number of rotatable bonds is 4. The average Bonchev–Trinajstić information content (AvgIpc) is 2.08. The molecule has 1 heterocycles. The fourth-order valence-electron chi connectivity index (χ4n) is 1.42. The molecule has 1 N–H and O–H groups in total. The summed E-state index contributed by atoms with van der Waals surface area (Å²) in [5.41, 5.74) is 0.289. The maximum Gasteiger partial charge on any atom is 0.108 e. The van der Waals surface area contributed by atoms with E-state index in [2.05, 4.69) is 19.2 Å². The molecule has 1 aliphatic rings. The molecule has 1 aliphatic heterocycles. The van der Waals surface area contributed by atoms with Gasteiger partial charge in [0.15, 0.2) is 0 Å². The van der Waals surface area contributed by atoms with E-state index >= 15 is 0 Å². The van der Waals surface area contributed by atoms with Crippen LogP contribution in [0.1, 0.15) is 26.7 Å². The second-order valence-electron chi connectivity index (χ2n) is 4.48. The first kappa shape index (κ1) is 11.0. The van der Waals surface area contributed by atoms with Gasteiger partial charge in [-0.3, -0.25) is 5.32 Å². The molecular formula is C10H21NO2. The topological polar surface area (TPSA) is 30.5 Å². The lowest BCUT2D eigenvalue weighted by Crippen LogP contribution is -2.47. The van der Waals surface area contributed by atoms with Crippen molar-refractivity contribution in [1.82, 2.24) is 5.32 Å².